The van der Waals surface area contributed by atoms with Gasteiger partial charge >= 0.3 is 5.97 Å². The topological polar surface area (TPSA) is 55.4 Å². The summed E-state index contributed by atoms with van der Waals surface area (Å²) >= 11 is 0. The SMILES string of the molecule is CC.CCCC1CCC[C@@H]1C(=O)NCC(=O)OC. The summed E-state index contributed by atoms with van der Waals surface area (Å²) in [7, 11) is 1.32. The summed E-state index contributed by atoms with van der Waals surface area (Å²) in [6.07, 6.45) is 5.45. The van der Waals surface area contributed by atoms with Gasteiger partial charge in [-0.15, -0.1) is 0 Å². The van der Waals surface area contributed by atoms with E-state index in [9.17, 15) is 9.59 Å². The van der Waals surface area contributed by atoms with Gasteiger partial charge in [0.25, 0.3) is 0 Å². The normalized spacial score (nSPS) is 21.8. The van der Waals surface area contributed by atoms with E-state index < -0.39 is 5.97 Å². The fourth-order valence-corrected chi connectivity index (χ4v) is 2.46. The Labute approximate surface area is 110 Å². The molecule has 1 aliphatic rings. The van der Waals surface area contributed by atoms with E-state index in [0.717, 1.165) is 32.1 Å². The van der Waals surface area contributed by atoms with Crippen molar-refractivity contribution < 1.29 is 14.3 Å². The second kappa shape index (κ2) is 9.92. The third-order valence-corrected chi connectivity index (χ3v) is 3.29. The smallest absolute Gasteiger partial charge is 0.325 e. The van der Waals surface area contributed by atoms with Gasteiger partial charge in [0, 0.05) is 5.92 Å². The molecule has 4 heteroatoms. The maximum absolute atomic E-state index is 11.8. The first kappa shape index (κ1) is 16.9. The number of hydrogen-bond donors (Lipinski definition) is 1. The summed E-state index contributed by atoms with van der Waals surface area (Å²) in [5.74, 6) is 0.229. The lowest BCUT2D eigenvalue weighted by Gasteiger charge is -2.17. The molecule has 0 aromatic carbocycles. The molecule has 0 radical (unpaired) electrons. The van der Waals surface area contributed by atoms with Gasteiger partial charge in [0.1, 0.15) is 6.54 Å². The molecule has 1 unspecified atom stereocenters. The fourth-order valence-electron chi connectivity index (χ4n) is 2.46. The molecule has 0 saturated heterocycles. The Kier molecular flexibility index (Phi) is 9.33. The van der Waals surface area contributed by atoms with Gasteiger partial charge in [-0.3, -0.25) is 9.59 Å². The van der Waals surface area contributed by atoms with E-state index in [1.807, 2.05) is 13.8 Å². The minimum atomic E-state index is -0.390. The number of ether oxygens (including phenoxy) is 1. The number of esters is 1. The third-order valence-electron chi connectivity index (χ3n) is 3.29. The zero-order valence-electron chi connectivity index (χ0n) is 12.1. The molecule has 1 aliphatic carbocycles. The average Bonchev–Trinajstić information content (AvgIpc) is 2.86. The second-order valence-electron chi connectivity index (χ2n) is 4.38. The third kappa shape index (κ3) is 5.52. The monoisotopic (exact) mass is 257 g/mol. The molecule has 2 atom stereocenters. The number of carbonyl (C=O) groups excluding carboxylic acids is 2. The Morgan fingerprint density at radius 3 is 2.50 bits per heavy atom. The number of hydrogen-bond acceptors (Lipinski definition) is 3. The van der Waals surface area contributed by atoms with Crippen LogP contribution in [0, 0.1) is 11.8 Å². The molecule has 1 amide bonds. The quantitative estimate of drug-likeness (QED) is 0.770. The van der Waals surface area contributed by atoms with Crippen LogP contribution in [-0.4, -0.2) is 25.5 Å². The lowest BCUT2D eigenvalue weighted by Crippen LogP contribution is -2.36. The van der Waals surface area contributed by atoms with Gasteiger partial charge in [-0.2, -0.15) is 0 Å². The zero-order valence-corrected chi connectivity index (χ0v) is 12.1. The lowest BCUT2D eigenvalue weighted by atomic mass is 9.91. The predicted molar refractivity (Wildman–Crippen MR) is 72.1 cm³/mol. The number of amides is 1. The Morgan fingerprint density at radius 2 is 1.94 bits per heavy atom. The van der Waals surface area contributed by atoms with Crippen LogP contribution >= 0.6 is 0 Å². The molecule has 0 bridgehead atoms. The van der Waals surface area contributed by atoms with Crippen molar-refractivity contribution in [2.45, 2.75) is 52.9 Å². The summed E-state index contributed by atoms with van der Waals surface area (Å²) in [6, 6.07) is 0. The first-order valence-electron chi connectivity index (χ1n) is 7.03. The van der Waals surface area contributed by atoms with Gasteiger partial charge in [0.15, 0.2) is 0 Å². The van der Waals surface area contributed by atoms with Crippen molar-refractivity contribution in [2.75, 3.05) is 13.7 Å². The van der Waals surface area contributed by atoms with Crippen molar-refractivity contribution in [3.8, 4) is 0 Å². The van der Waals surface area contributed by atoms with E-state index in [4.69, 9.17) is 0 Å². The van der Waals surface area contributed by atoms with E-state index in [2.05, 4.69) is 17.0 Å². The van der Waals surface area contributed by atoms with E-state index >= 15 is 0 Å². The van der Waals surface area contributed by atoms with Gasteiger partial charge in [0.2, 0.25) is 5.91 Å². The van der Waals surface area contributed by atoms with Crippen molar-refractivity contribution >= 4 is 11.9 Å². The van der Waals surface area contributed by atoms with Crippen LogP contribution in [0.3, 0.4) is 0 Å². The zero-order chi connectivity index (χ0) is 14.0. The molecule has 1 saturated carbocycles. The Hall–Kier alpha value is -1.06. The van der Waals surface area contributed by atoms with Crippen LogP contribution in [-0.2, 0) is 14.3 Å². The maximum atomic E-state index is 11.8. The van der Waals surface area contributed by atoms with E-state index in [-0.39, 0.29) is 18.4 Å². The van der Waals surface area contributed by atoms with Gasteiger partial charge in [-0.05, 0) is 25.2 Å². The van der Waals surface area contributed by atoms with Crippen molar-refractivity contribution in [3.05, 3.63) is 0 Å². The molecule has 0 aromatic heterocycles. The molecule has 1 rings (SSSR count). The Bertz CT molecular complexity index is 253. The number of rotatable bonds is 5. The first-order valence-corrected chi connectivity index (χ1v) is 7.03. The highest BCUT2D eigenvalue weighted by Crippen LogP contribution is 2.34. The van der Waals surface area contributed by atoms with E-state index in [1.165, 1.54) is 7.11 Å². The van der Waals surface area contributed by atoms with Gasteiger partial charge in [0.05, 0.1) is 7.11 Å². The highest BCUT2D eigenvalue weighted by atomic mass is 16.5. The highest BCUT2D eigenvalue weighted by molar-refractivity contribution is 5.83. The van der Waals surface area contributed by atoms with Crippen molar-refractivity contribution in [2.24, 2.45) is 11.8 Å². The van der Waals surface area contributed by atoms with E-state index in [0.29, 0.717) is 5.92 Å². The molecule has 1 fully saturated rings. The number of methoxy groups -OCH3 is 1. The Balaban J connectivity index is 0.00000137. The average molecular weight is 257 g/mol. The second-order valence-corrected chi connectivity index (χ2v) is 4.38. The first-order chi connectivity index (χ1) is 8.69. The van der Waals surface area contributed by atoms with Crippen LogP contribution in [0.25, 0.3) is 0 Å². The largest absolute Gasteiger partial charge is 0.468 e. The van der Waals surface area contributed by atoms with Crippen LogP contribution < -0.4 is 5.32 Å². The Morgan fingerprint density at radius 1 is 1.28 bits per heavy atom. The standard InChI is InChI=1S/C12H21NO3.C2H6/c1-3-5-9-6-4-7-10(9)12(15)13-8-11(14)16-2;1-2/h9-10H,3-8H2,1-2H3,(H,13,15);1-2H3/t9?,10-;/m0./s1. The summed E-state index contributed by atoms with van der Waals surface area (Å²) in [4.78, 5) is 22.7. The molecule has 1 N–H and O–H groups in total. The number of carbonyl (C=O) groups is 2. The van der Waals surface area contributed by atoms with Crippen LogP contribution in [0.15, 0.2) is 0 Å². The molecule has 106 valence electrons. The molecule has 0 spiro atoms. The highest BCUT2D eigenvalue weighted by Gasteiger charge is 2.32. The van der Waals surface area contributed by atoms with Crippen LogP contribution in [0.2, 0.25) is 0 Å². The van der Waals surface area contributed by atoms with Crippen molar-refractivity contribution in [1.82, 2.24) is 5.32 Å². The lowest BCUT2D eigenvalue weighted by molar-refractivity contribution is -0.141. The summed E-state index contributed by atoms with van der Waals surface area (Å²) in [6.45, 7) is 6.13. The molecule has 18 heavy (non-hydrogen) atoms. The fraction of sp³-hybridized carbons (Fsp3) is 0.857. The summed E-state index contributed by atoms with van der Waals surface area (Å²) < 4.78 is 4.48. The van der Waals surface area contributed by atoms with Crippen LogP contribution in [0.1, 0.15) is 52.9 Å². The maximum Gasteiger partial charge on any atom is 0.325 e. The molecule has 0 heterocycles. The molecular formula is C14H27NO3. The summed E-state index contributed by atoms with van der Waals surface area (Å²) in [5, 5.41) is 2.65. The molecular weight excluding hydrogens is 230 g/mol. The molecule has 0 aromatic rings. The van der Waals surface area contributed by atoms with Gasteiger partial charge in [-0.1, -0.05) is 33.6 Å². The van der Waals surface area contributed by atoms with Crippen molar-refractivity contribution in [1.29, 1.82) is 0 Å². The minimum absolute atomic E-state index is 0.00925. The van der Waals surface area contributed by atoms with Crippen LogP contribution in [0.5, 0.6) is 0 Å². The molecule has 0 aliphatic heterocycles. The van der Waals surface area contributed by atoms with Gasteiger partial charge < -0.3 is 10.1 Å². The van der Waals surface area contributed by atoms with Crippen molar-refractivity contribution in [3.63, 3.8) is 0 Å². The van der Waals surface area contributed by atoms with Crippen LogP contribution in [0.4, 0.5) is 0 Å². The predicted octanol–water partition coefficient (Wildman–Crippen LogP) is 2.52. The number of nitrogens with one attached hydrogen (secondary N) is 1. The van der Waals surface area contributed by atoms with E-state index in [1.54, 1.807) is 0 Å². The van der Waals surface area contributed by atoms with Gasteiger partial charge in [-0.25, -0.2) is 0 Å². The minimum Gasteiger partial charge on any atom is -0.468 e. The summed E-state index contributed by atoms with van der Waals surface area (Å²) in [5.41, 5.74) is 0. The molecule has 4 nitrogen and oxygen atoms in total.